The van der Waals surface area contributed by atoms with Crippen LogP contribution in [0, 0.1) is 6.92 Å². The zero-order valence-electron chi connectivity index (χ0n) is 14.8. The number of hydrogen-bond acceptors (Lipinski definition) is 3. The minimum absolute atomic E-state index is 0.0295. The second kappa shape index (κ2) is 7.08. The predicted octanol–water partition coefficient (Wildman–Crippen LogP) is 4.40. The third kappa shape index (κ3) is 2.97. The van der Waals surface area contributed by atoms with Crippen molar-refractivity contribution in [3.05, 3.63) is 52.8 Å². The summed E-state index contributed by atoms with van der Waals surface area (Å²) in [4.78, 5) is 19.4. The summed E-state index contributed by atoms with van der Waals surface area (Å²) in [6, 6.07) is 9.81. The van der Waals surface area contributed by atoms with E-state index in [0.29, 0.717) is 16.2 Å². The van der Waals surface area contributed by atoms with Crippen molar-refractivity contribution < 1.29 is 4.79 Å². The highest BCUT2D eigenvalue weighted by Crippen LogP contribution is 2.31. The summed E-state index contributed by atoms with van der Waals surface area (Å²) in [6.45, 7) is 3.47. The van der Waals surface area contributed by atoms with E-state index in [0.717, 1.165) is 42.7 Å². The molecule has 0 atom stereocenters. The van der Waals surface area contributed by atoms with Crippen molar-refractivity contribution in [3.8, 4) is 5.69 Å². The fraction of sp³-hybridized carbons (Fsp3) is 0.350. The Bertz CT molecular complexity index is 943. The minimum Gasteiger partial charge on any atom is -0.339 e. The molecule has 1 saturated heterocycles. The van der Waals surface area contributed by atoms with Gasteiger partial charge in [0.25, 0.3) is 5.91 Å². The van der Waals surface area contributed by atoms with Crippen LogP contribution in [0.25, 0.3) is 16.7 Å². The average molecular weight is 369 g/mol. The average Bonchev–Trinajstić information content (AvgIpc) is 2.84. The number of halogens is 1. The monoisotopic (exact) mass is 368 g/mol. The van der Waals surface area contributed by atoms with Crippen LogP contribution in [0.2, 0.25) is 5.02 Å². The molecular formula is C20H21ClN4O. The van der Waals surface area contributed by atoms with Crippen molar-refractivity contribution >= 4 is 28.5 Å². The third-order valence-corrected chi connectivity index (χ3v) is 5.32. The Hall–Kier alpha value is -2.40. The van der Waals surface area contributed by atoms with Crippen LogP contribution in [0.15, 0.2) is 36.5 Å². The molecule has 0 aliphatic carbocycles. The molecule has 4 rings (SSSR count). The summed E-state index contributed by atoms with van der Waals surface area (Å²) < 4.78 is 1.77. The minimum atomic E-state index is -0.0295. The van der Waals surface area contributed by atoms with Crippen molar-refractivity contribution in [2.45, 2.75) is 32.6 Å². The first-order valence-electron chi connectivity index (χ1n) is 9.05. The van der Waals surface area contributed by atoms with Crippen LogP contribution in [0.4, 0.5) is 0 Å². The van der Waals surface area contributed by atoms with Crippen LogP contribution in [-0.4, -0.2) is 38.7 Å². The third-order valence-electron chi connectivity index (χ3n) is 4.93. The second-order valence-corrected chi connectivity index (χ2v) is 7.10. The molecular weight excluding hydrogens is 348 g/mol. The van der Waals surface area contributed by atoms with E-state index < -0.39 is 0 Å². The first kappa shape index (κ1) is 17.0. The number of aromatic nitrogens is 3. The number of hydrogen-bond donors (Lipinski definition) is 0. The molecule has 5 nitrogen and oxygen atoms in total. The maximum absolute atomic E-state index is 13.0. The Kier molecular flexibility index (Phi) is 4.64. The molecule has 0 spiro atoms. The number of benzene rings is 1. The van der Waals surface area contributed by atoms with Gasteiger partial charge in [0.15, 0.2) is 5.65 Å². The van der Waals surface area contributed by atoms with Gasteiger partial charge in [-0.1, -0.05) is 42.6 Å². The van der Waals surface area contributed by atoms with Crippen molar-refractivity contribution in [2.75, 3.05) is 13.1 Å². The fourth-order valence-corrected chi connectivity index (χ4v) is 3.90. The predicted molar refractivity (Wildman–Crippen MR) is 103 cm³/mol. The number of carbonyl (C=O) groups is 1. The highest BCUT2D eigenvalue weighted by atomic mass is 35.5. The molecule has 1 amide bonds. The molecule has 1 fully saturated rings. The highest BCUT2D eigenvalue weighted by Gasteiger charge is 2.24. The molecule has 6 heteroatoms. The number of amides is 1. The van der Waals surface area contributed by atoms with E-state index in [4.69, 9.17) is 11.6 Å². The Morgan fingerprint density at radius 2 is 1.77 bits per heavy atom. The molecule has 0 bridgehead atoms. The molecule has 2 aromatic heterocycles. The van der Waals surface area contributed by atoms with Gasteiger partial charge in [-0.25, -0.2) is 9.67 Å². The normalized spacial score (nSPS) is 15.2. The number of rotatable bonds is 2. The Morgan fingerprint density at radius 3 is 2.46 bits per heavy atom. The number of aryl methyl sites for hydroxylation is 1. The van der Waals surface area contributed by atoms with Crippen molar-refractivity contribution in [3.63, 3.8) is 0 Å². The number of carbonyl (C=O) groups excluding carboxylic acids is 1. The molecule has 1 aliphatic heterocycles. The Balaban J connectivity index is 1.78. The topological polar surface area (TPSA) is 51.0 Å². The lowest BCUT2D eigenvalue weighted by atomic mass is 10.1. The van der Waals surface area contributed by atoms with Crippen LogP contribution in [0.5, 0.6) is 0 Å². The molecule has 3 aromatic rings. The van der Waals surface area contributed by atoms with Crippen molar-refractivity contribution in [2.24, 2.45) is 0 Å². The summed E-state index contributed by atoms with van der Waals surface area (Å²) in [6.07, 6.45) is 6.04. The number of likely N-dealkylation sites (tertiary alicyclic amines) is 1. The highest BCUT2D eigenvalue weighted by molar-refractivity contribution is 6.38. The van der Waals surface area contributed by atoms with Crippen LogP contribution < -0.4 is 0 Å². The number of pyridine rings is 1. The van der Waals surface area contributed by atoms with E-state index in [1.165, 1.54) is 12.8 Å². The van der Waals surface area contributed by atoms with Gasteiger partial charge in [-0.05, 0) is 31.9 Å². The van der Waals surface area contributed by atoms with Crippen LogP contribution >= 0.6 is 11.6 Å². The van der Waals surface area contributed by atoms with Gasteiger partial charge in [0.05, 0.1) is 27.4 Å². The van der Waals surface area contributed by atoms with Gasteiger partial charge in [0.1, 0.15) is 0 Å². The fourth-order valence-electron chi connectivity index (χ4n) is 3.55. The van der Waals surface area contributed by atoms with Crippen molar-refractivity contribution in [1.29, 1.82) is 0 Å². The van der Waals surface area contributed by atoms with Gasteiger partial charge in [-0.2, -0.15) is 5.10 Å². The zero-order valence-corrected chi connectivity index (χ0v) is 15.5. The maximum Gasteiger partial charge on any atom is 0.256 e. The maximum atomic E-state index is 13.0. The van der Waals surface area contributed by atoms with Gasteiger partial charge >= 0.3 is 0 Å². The molecule has 1 aromatic carbocycles. The summed E-state index contributed by atoms with van der Waals surface area (Å²) >= 11 is 6.66. The molecule has 0 unspecified atom stereocenters. The van der Waals surface area contributed by atoms with Crippen LogP contribution in [0.3, 0.4) is 0 Å². The largest absolute Gasteiger partial charge is 0.339 e. The van der Waals surface area contributed by atoms with E-state index in [1.807, 2.05) is 42.2 Å². The summed E-state index contributed by atoms with van der Waals surface area (Å²) in [5, 5.41) is 5.79. The van der Waals surface area contributed by atoms with Gasteiger partial charge in [-0.15, -0.1) is 0 Å². The summed E-state index contributed by atoms with van der Waals surface area (Å²) in [7, 11) is 0. The van der Waals surface area contributed by atoms with Gasteiger partial charge in [0.2, 0.25) is 0 Å². The van der Waals surface area contributed by atoms with Gasteiger partial charge < -0.3 is 4.90 Å². The Morgan fingerprint density at radius 1 is 1.08 bits per heavy atom. The first-order valence-corrected chi connectivity index (χ1v) is 9.43. The quantitative estimate of drug-likeness (QED) is 0.673. The second-order valence-electron chi connectivity index (χ2n) is 6.72. The number of fused-ring (bicyclic) bond motifs is 1. The summed E-state index contributed by atoms with van der Waals surface area (Å²) in [5.74, 6) is -0.0295. The van der Waals surface area contributed by atoms with E-state index in [-0.39, 0.29) is 5.91 Å². The zero-order chi connectivity index (χ0) is 18.1. The molecule has 3 heterocycles. The molecule has 134 valence electrons. The van der Waals surface area contributed by atoms with E-state index in [2.05, 4.69) is 10.1 Å². The van der Waals surface area contributed by atoms with E-state index >= 15 is 0 Å². The van der Waals surface area contributed by atoms with Crippen LogP contribution in [-0.2, 0) is 0 Å². The molecule has 1 aliphatic rings. The van der Waals surface area contributed by atoms with E-state index in [9.17, 15) is 4.79 Å². The molecule has 0 radical (unpaired) electrons. The standard InChI is InChI=1S/C20H21ClN4O/c1-14-17-18(21)16(20(26)24-11-7-2-3-8-12-24)13-22-19(17)25(23-14)15-9-5-4-6-10-15/h4-6,9-10,13H,2-3,7-8,11-12H2,1H3. The number of para-hydroxylation sites is 1. The number of nitrogens with zero attached hydrogens (tertiary/aromatic N) is 4. The molecule has 26 heavy (non-hydrogen) atoms. The van der Waals surface area contributed by atoms with Gasteiger partial charge in [0, 0.05) is 19.3 Å². The lowest BCUT2D eigenvalue weighted by Gasteiger charge is -2.20. The molecule has 0 N–H and O–H groups in total. The van der Waals surface area contributed by atoms with E-state index in [1.54, 1.807) is 10.9 Å². The smallest absolute Gasteiger partial charge is 0.256 e. The summed E-state index contributed by atoms with van der Waals surface area (Å²) in [5.41, 5.74) is 2.83. The lowest BCUT2D eigenvalue weighted by Crippen LogP contribution is -2.32. The first-order chi connectivity index (χ1) is 12.7. The van der Waals surface area contributed by atoms with Crippen LogP contribution in [0.1, 0.15) is 41.7 Å². The van der Waals surface area contributed by atoms with Crippen molar-refractivity contribution in [1.82, 2.24) is 19.7 Å². The molecule has 0 saturated carbocycles. The lowest BCUT2D eigenvalue weighted by molar-refractivity contribution is 0.0761. The Labute approximate surface area is 157 Å². The SMILES string of the molecule is Cc1nn(-c2ccccc2)c2ncc(C(=O)N3CCCCCC3)c(Cl)c12. The van der Waals surface area contributed by atoms with Gasteiger partial charge in [-0.3, -0.25) is 4.79 Å².